The van der Waals surface area contributed by atoms with Crippen LogP contribution in [-0.2, 0) is 20.9 Å². The van der Waals surface area contributed by atoms with Gasteiger partial charge in [-0.05, 0) is 65.1 Å². The Kier molecular flexibility index (Phi) is 5.91. The van der Waals surface area contributed by atoms with Crippen LogP contribution in [0.25, 0.3) is 0 Å². The summed E-state index contributed by atoms with van der Waals surface area (Å²) in [5.74, 6) is -0.401. The highest BCUT2D eigenvalue weighted by Crippen LogP contribution is 2.46. The molecule has 3 rings (SSSR count). The molecule has 0 atom stereocenters. The number of rotatable bonds is 4. The lowest BCUT2D eigenvalue weighted by Gasteiger charge is -2.41. The summed E-state index contributed by atoms with van der Waals surface area (Å²) in [4.78, 5) is 24.6. The molecule has 0 N–H and O–H groups in total. The highest BCUT2D eigenvalue weighted by Gasteiger charge is 2.37. The van der Waals surface area contributed by atoms with E-state index in [-0.39, 0.29) is 10.8 Å². The number of benzene rings is 2. The van der Waals surface area contributed by atoms with Gasteiger partial charge < -0.3 is 9.47 Å². The summed E-state index contributed by atoms with van der Waals surface area (Å²) >= 11 is 3.39. The molecule has 0 spiro atoms. The number of methoxy groups -OCH3 is 1. The summed E-state index contributed by atoms with van der Waals surface area (Å²) in [6.45, 7) is 8.96. The van der Waals surface area contributed by atoms with Crippen LogP contribution in [0.2, 0.25) is 0 Å². The van der Waals surface area contributed by atoms with Crippen LogP contribution in [0.15, 0.2) is 36.4 Å². The van der Waals surface area contributed by atoms with Crippen LogP contribution in [0.1, 0.15) is 77.9 Å². The van der Waals surface area contributed by atoms with Crippen LogP contribution >= 0.6 is 15.9 Å². The molecule has 154 valence electrons. The first-order chi connectivity index (χ1) is 13.6. The zero-order valence-electron chi connectivity index (χ0n) is 17.6. The highest BCUT2D eigenvalue weighted by molar-refractivity contribution is 9.08. The molecule has 1 aliphatic rings. The molecule has 0 fully saturated rings. The average molecular weight is 459 g/mol. The molecule has 0 aromatic heterocycles. The lowest BCUT2D eigenvalue weighted by atomic mass is 9.63. The smallest absolute Gasteiger partial charge is 0.343 e. The van der Waals surface area contributed by atoms with Gasteiger partial charge in [0, 0.05) is 10.9 Å². The normalized spacial score (nSPS) is 16.6. The Morgan fingerprint density at radius 3 is 2.10 bits per heavy atom. The topological polar surface area (TPSA) is 52.6 Å². The van der Waals surface area contributed by atoms with Crippen LogP contribution in [0, 0.1) is 0 Å². The molecule has 5 heteroatoms. The van der Waals surface area contributed by atoms with Gasteiger partial charge in [0.1, 0.15) is 5.75 Å². The number of carbonyl (C=O) groups is 2. The van der Waals surface area contributed by atoms with Crippen molar-refractivity contribution in [3.63, 3.8) is 0 Å². The zero-order chi connectivity index (χ0) is 21.4. The maximum atomic E-state index is 12.9. The lowest BCUT2D eigenvalue weighted by molar-refractivity contribution is 0.0600. The van der Waals surface area contributed by atoms with Gasteiger partial charge in [-0.15, -0.1) is 0 Å². The van der Waals surface area contributed by atoms with Gasteiger partial charge in [0.25, 0.3) is 0 Å². The summed E-state index contributed by atoms with van der Waals surface area (Å²) in [5, 5.41) is 0.450. The summed E-state index contributed by atoms with van der Waals surface area (Å²) in [6, 6.07) is 10.8. The number of fused-ring (bicyclic) bond motifs is 1. The van der Waals surface area contributed by atoms with Gasteiger partial charge in [-0.25, -0.2) is 9.59 Å². The Morgan fingerprint density at radius 1 is 0.897 bits per heavy atom. The Bertz CT molecular complexity index is 959. The van der Waals surface area contributed by atoms with E-state index in [1.807, 2.05) is 12.1 Å². The number of alkyl halides is 1. The van der Waals surface area contributed by atoms with Crippen molar-refractivity contribution in [3.8, 4) is 5.75 Å². The minimum absolute atomic E-state index is 0.0182. The molecule has 0 radical (unpaired) electrons. The summed E-state index contributed by atoms with van der Waals surface area (Å²) < 4.78 is 10.4. The minimum atomic E-state index is -0.426. The van der Waals surface area contributed by atoms with E-state index in [1.165, 1.54) is 18.2 Å². The minimum Gasteiger partial charge on any atom is -0.465 e. The zero-order valence-corrected chi connectivity index (χ0v) is 19.2. The van der Waals surface area contributed by atoms with Crippen LogP contribution in [0.4, 0.5) is 0 Å². The van der Waals surface area contributed by atoms with Gasteiger partial charge in [-0.3, -0.25) is 0 Å². The number of esters is 2. The molecule has 0 heterocycles. The molecule has 4 nitrogen and oxygen atoms in total. The monoisotopic (exact) mass is 458 g/mol. The van der Waals surface area contributed by atoms with E-state index in [0.717, 1.165) is 12.8 Å². The van der Waals surface area contributed by atoms with Crippen molar-refractivity contribution in [2.75, 3.05) is 7.11 Å². The molecule has 0 saturated heterocycles. The van der Waals surface area contributed by atoms with Gasteiger partial charge in [0.2, 0.25) is 0 Å². The van der Waals surface area contributed by atoms with E-state index in [1.54, 1.807) is 18.2 Å². The van der Waals surface area contributed by atoms with E-state index >= 15 is 0 Å². The molecular formula is C24H27BrO4. The van der Waals surface area contributed by atoms with E-state index in [0.29, 0.717) is 27.8 Å². The Labute approximate surface area is 180 Å². The molecule has 0 amide bonds. The first-order valence-electron chi connectivity index (χ1n) is 9.73. The van der Waals surface area contributed by atoms with E-state index in [9.17, 15) is 9.59 Å². The molecule has 29 heavy (non-hydrogen) atoms. The predicted molar refractivity (Wildman–Crippen MR) is 117 cm³/mol. The van der Waals surface area contributed by atoms with Crippen LogP contribution in [0.3, 0.4) is 0 Å². The van der Waals surface area contributed by atoms with Crippen molar-refractivity contribution < 1.29 is 19.1 Å². The van der Waals surface area contributed by atoms with Gasteiger partial charge in [-0.2, -0.15) is 0 Å². The third-order valence-corrected chi connectivity index (χ3v) is 6.52. The standard InChI is InChI=1S/C24H27BrO4/c1-23(2)10-11-24(3,4)19-13-16(6-8-18(19)23)22(27)29-20-9-7-15(21(26)28-5)12-17(20)14-25/h6-9,12-13H,10-11,14H2,1-5H3. The summed E-state index contributed by atoms with van der Waals surface area (Å²) in [6.07, 6.45) is 2.20. The number of carbonyl (C=O) groups excluding carboxylic acids is 2. The fourth-order valence-electron chi connectivity index (χ4n) is 3.90. The Balaban J connectivity index is 1.92. The molecule has 1 aliphatic carbocycles. The Morgan fingerprint density at radius 2 is 1.48 bits per heavy atom. The van der Waals surface area contributed by atoms with E-state index < -0.39 is 11.9 Å². The van der Waals surface area contributed by atoms with Crippen molar-refractivity contribution in [1.29, 1.82) is 0 Å². The third kappa shape index (κ3) is 4.25. The molecule has 2 aromatic carbocycles. The average Bonchev–Trinajstić information content (AvgIpc) is 2.70. The second-order valence-corrected chi connectivity index (χ2v) is 9.43. The van der Waals surface area contributed by atoms with Crippen molar-refractivity contribution in [1.82, 2.24) is 0 Å². The van der Waals surface area contributed by atoms with Crippen molar-refractivity contribution in [3.05, 3.63) is 64.2 Å². The van der Waals surface area contributed by atoms with Gasteiger partial charge in [-0.1, -0.05) is 49.7 Å². The van der Waals surface area contributed by atoms with Crippen LogP contribution < -0.4 is 4.74 Å². The molecule has 0 bridgehead atoms. The van der Waals surface area contributed by atoms with Crippen LogP contribution in [-0.4, -0.2) is 19.0 Å². The maximum absolute atomic E-state index is 12.9. The van der Waals surface area contributed by atoms with Gasteiger partial charge in [0.15, 0.2) is 0 Å². The highest BCUT2D eigenvalue weighted by atomic mass is 79.9. The van der Waals surface area contributed by atoms with Gasteiger partial charge >= 0.3 is 11.9 Å². The Hall–Kier alpha value is -2.14. The van der Waals surface area contributed by atoms with Crippen molar-refractivity contribution in [2.24, 2.45) is 0 Å². The predicted octanol–water partition coefficient (Wildman–Crippen LogP) is 5.94. The van der Waals surface area contributed by atoms with Crippen molar-refractivity contribution in [2.45, 2.75) is 56.7 Å². The number of hydrogen-bond donors (Lipinski definition) is 0. The molecule has 0 unspecified atom stereocenters. The molecule has 0 saturated carbocycles. The molecule has 0 aliphatic heterocycles. The van der Waals surface area contributed by atoms with Crippen molar-refractivity contribution >= 4 is 27.9 Å². The lowest BCUT2D eigenvalue weighted by Crippen LogP contribution is -2.34. The summed E-state index contributed by atoms with van der Waals surface area (Å²) in [7, 11) is 1.34. The second kappa shape index (κ2) is 7.94. The third-order valence-electron chi connectivity index (χ3n) is 5.92. The number of halogens is 1. The number of hydrogen-bond acceptors (Lipinski definition) is 4. The first-order valence-corrected chi connectivity index (χ1v) is 10.9. The fourth-order valence-corrected chi connectivity index (χ4v) is 4.34. The van der Waals surface area contributed by atoms with E-state index in [2.05, 4.69) is 49.7 Å². The molecular weight excluding hydrogens is 432 g/mol. The van der Waals surface area contributed by atoms with Crippen LogP contribution in [0.5, 0.6) is 5.75 Å². The maximum Gasteiger partial charge on any atom is 0.343 e. The van der Waals surface area contributed by atoms with Gasteiger partial charge in [0.05, 0.1) is 18.2 Å². The quantitative estimate of drug-likeness (QED) is 0.323. The SMILES string of the molecule is COC(=O)c1ccc(OC(=O)c2ccc3c(c2)C(C)(C)CCC3(C)C)c(CBr)c1. The fraction of sp³-hybridized carbons (Fsp3) is 0.417. The molecule has 2 aromatic rings. The first kappa shape index (κ1) is 21.6. The second-order valence-electron chi connectivity index (χ2n) is 8.87. The largest absolute Gasteiger partial charge is 0.465 e. The number of ether oxygens (including phenoxy) is 2. The summed E-state index contributed by atoms with van der Waals surface area (Å²) in [5.41, 5.74) is 4.29. The van der Waals surface area contributed by atoms with E-state index in [4.69, 9.17) is 9.47 Å².